The van der Waals surface area contributed by atoms with Gasteiger partial charge in [-0.05, 0) is 29.2 Å². The van der Waals surface area contributed by atoms with Gasteiger partial charge < -0.3 is 4.74 Å². The average Bonchev–Trinajstić information content (AvgIpc) is 2.97. The Labute approximate surface area is 133 Å². The van der Waals surface area contributed by atoms with Gasteiger partial charge in [-0.1, -0.05) is 54.6 Å². The number of allylic oxidation sites excluding steroid dienone is 2. The monoisotopic (exact) mass is 302 g/mol. The minimum absolute atomic E-state index is 0.0759. The van der Waals surface area contributed by atoms with Crippen LogP contribution < -0.4 is 0 Å². The van der Waals surface area contributed by atoms with Gasteiger partial charge >= 0.3 is 5.97 Å². The minimum atomic E-state index is -0.356. The molecule has 0 radical (unpaired) electrons. The third kappa shape index (κ3) is 2.40. The van der Waals surface area contributed by atoms with Crippen LogP contribution in [0.3, 0.4) is 0 Å². The molecular weight excluding hydrogens is 288 g/mol. The van der Waals surface area contributed by atoms with Crippen LogP contribution in [0, 0.1) is 0 Å². The lowest BCUT2D eigenvalue weighted by Gasteiger charge is -2.18. The minimum Gasteiger partial charge on any atom is -0.423 e. The third-order valence-corrected chi connectivity index (χ3v) is 4.23. The Morgan fingerprint density at radius 2 is 1.57 bits per heavy atom. The summed E-state index contributed by atoms with van der Waals surface area (Å²) in [6.45, 7) is 0. The molecule has 2 aliphatic rings. The summed E-state index contributed by atoms with van der Waals surface area (Å²) in [5.41, 5.74) is 4.00. The summed E-state index contributed by atoms with van der Waals surface area (Å²) in [6.07, 6.45) is 2.70. The summed E-state index contributed by atoms with van der Waals surface area (Å²) in [5.74, 6) is 0.244. The number of rotatable bonds is 1. The van der Waals surface area contributed by atoms with E-state index in [4.69, 9.17) is 4.74 Å². The maximum Gasteiger partial charge on any atom is 0.344 e. The first kappa shape index (κ1) is 13.7. The third-order valence-electron chi connectivity index (χ3n) is 4.23. The molecule has 2 aromatic carbocycles. The standard InChI is InChI=1S/C20H14O3/c21-18-11-15(10-14-8-4-5-9-16(14)18)19-12-17(20(22)23-19)13-6-2-1-3-7-13/h1-9,12H,10-11H2/b19-15+. The van der Waals surface area contributed by atoms with Crippen molar-refractivity contribution in [2.45, 2.75) is 12.8 Å². The highest BCUT2D eigenvalue weighted by atomic mass is 16.5. The molecule has 4 rings (SSSR count). The molecule has 1 heterocycles. The number of ketones is 1. The Bertz CT molecular complexity index is 873. The zero-order chi connectivity index (χ0) is 15.8. The van der Waals surface area contributed by atoms with Crippen molar-refractivity contribution in [1.82, 2.24) is 0 Å². The van der Waals surface area contributed by atoms with Gasteiger partial charge in [0.1, 0.15) is 5.76 Å². The topological polar surface area (TPSA) is 43.4 Å². The number of carbonyl (C=O) groups excluding carboxylic acids is 2. The smallest absolute Gasteiger partial charge is 0.344 e. The highest BCUT2D eigenvalue weighted by Crippen LogP contribution is 2.33. The average molecular weight is 302 g/mol. The van der Waals surface area contributed by atoms with Gasteiger partial charge in [-0.25, -0.2) is 4.79 Å². The molecule has 0 N–H and O–H groups in total. The summed E-state index contributed by atoms with van der Waals surface area (Å²) >= 11 is 0. The van der Waals surface area contributed by atoms with Gasteiger partial charge in [0, 0.05) is 12.0 Å². The van der Waals surface area contributed by atoms with E-state index in [0.29, 0.717) is 24.2 Å². The lowest BCUT2D eigenvalue weighted by Crippen LogP contribution is -2.14. The summed E-state index contributed by atoms with van der Waals surface area (Å²) in [7, 11) is 0. The molecule has 0 unspecified atom stereocenters. The molecule has 1 aliphatic heterocycles. The van der Waals surface area contributed by atoms with Gasteiger partial charge in [-0.15, -0.1) is 0 Å². The number of ether oxygens (including phenoxy) is 1. The van der Waals surface area contributed by atoms with Crippen LogP contribution in [-0.2, 0) is 16.0 Å². The van der Waals surface area contributed by atoms with E-state index in [0.717, 1.165) is 22.3 Å². The molecule has 23 heavy (non-hydrogen) atoms. The van der Waals surface area contributed by atoms with Crippen molar-refractivity contribution in [1.29, 1.82) is 0 Å². The van der Waals surface area contributed by atoms with Crippen molar-refractivity contribution < 1.29 is 14.3 Å². The molecule has 0 amide bonds. The number of hydrogen-bond acceptors (Lipinski definition) is 3. The lowest BCUT2D eigenvalue weighted by molar-refractivity contribution is -0.131. The van der Waals surface area contributed by atoms with E-state index in [1.165, 1.54) is 0 Å². The largest absolute Gasteiger partial charge is 0.423 e. The molecule has 1 aliphatic carbocycles. The van der Waals surface area contributed by atoms with E-state index >= 15 is 0 Å². The molecule has 0 fully saturated rings. The van der Waals surface area contributed by atoms with Crippen LogP contribution in [0.2, 0.25) is 0 Å². The molecule has 0 aromatic heterocycles. The number of Topliss-reactive ketones (excluding diaryl/α,β-unsaturated/α-hetero) is 1. The maximum absolute atomic E-state index is 12.3. The second-order valence-corrected chi connectivity index (χ2v) is 5.72. The fourth-order valence-electron chi connectivity index (χ4n) is 3.07. The van der Waals surface area contributed by atoms with Crippen molar-refractivity contribution in [3.63, 3.8) is 0 Å². The molecule has 112 valence electrons. The number of carbonyl (C=O) groups is 2. The van der Waals surface area contributed by atoms with Crippen molar-refractivity contribution in [2.24, 2.45) is 0 Å². The van der Waals surface area contributed by atoms with E-state index < -0.39 is 0 Å². The highest BCUT2D eigenvalue weighted by Gasteiger charge is 2.28. The predicted molar refractivity (Wildman–Crippen MR) is 86.6 cm³/mol. The van der Waals surface area contributed by atoms with Crippen LogP contribution in [0.1, 0.15) is 27.9 Å². The zero-order valence-corrected chi connectivity index (χ0v) is 12.4. The van der Waals surface area contributed by atoms with E-state index in [-0.39, 0.29) is 11.8 Å². The van der Waals surface area contributed by atoms with Gasteiger partial charge in [0.15, 0.2) is 5.78 Å². The molecule has 3 heteroatoms. The maximum atomic E-state index is 12.3. The van der Waals surface area contributed by atoms with Gasteiger partial charge in [0.2, 0.25) is 0 Å². The SMILES string of the molecule is O=C1O/C(=C2/CC(=O)c3ccccc3C2)C=C1c1ccccc1. The van der Waals surface area contributed by atoms with Gasteiger partial charge in [0.25, 0.3) is 0 Å². The summed E-state index contributed by atoms with van der Waals surface area (Å²) in [5, 5.41) is 0. The first-order chi connectivity index (χ1) is 11.2. The number of fused-ring (bicyclic) bond motifs is 1. The van der Waals surface area contributed by atoms with Gasteiger partial charge in [-0.3, -0.25) is 4.79 Å². The van der Waals surface area contributed by atoms with E-state index in [9.17, 15) is 9.59 Å². The van der Waals surface area contributed by atoms with Crippen LogP contribution in [0.5, 0.6) is 0 Å². The number of esters is 1. The molecule has 0 atom stereocenters. The summed E-state index contributed by atoms with van der Waals surface area (Å²) in [4.78, 5) is 24.4. The quantitative estimate of drug-likeness (QED) is 0.754. The van der Waals surface area contributed by atoms with Crippen molar-refractivity contribution in [2.75, 3.05) is 0 Å². The number of cyclic esters (lactones) is 1. The second kappa shape index (κ2) is 5.36. The Morgan fingerprint density at radius 1 is 0.826 bits per heavy atom. The Kier molecular flexibility index (Phi) is 3.19. The van der Waals surface area contributed by atoms with Gasteiger partial charge in [0.05, 0.1) is 5.57 Å². The van der Waals surface area contributed by atoms with Crippen molar-refractivity contribution >= 4 is 17.3 Å². The zero-order valence-electron chi connectivity index (χ0n) is 12.4. The number of benzene rings is 2. The molecule has 0 spiro atoms. The first-order valence-electron chi connectivity index (χ1n) is 7.55. The normalized spacial score (nSPS) is 20.1. The molecule has 0 saturated carbocycles. The van der Waals surface area contributed by atoms with Crippen LogP contribution in [0.15, 0.2) is 72.0 Å². The summed E-state index contributed by atoms with van der Waals surface area (Å²) in [6, 6.07) is 17.0. The Balaban J connectivity index is 1.74. The van der Waals surface area contributed by atoms with Crippen LogP contribution >= 0.6 is 0 Å². The number of hydrogen-bond donors (Lipinski definition) is 0. The lowest BCUT2D eigenvalue weighted by atomic mass is 9.86. The van der Waals surface area contributed by atoms with Gasteiger partial charge in [-0.2, -0.15) is 0 Å². The van der Waals surface area contributed by atoms with Crippen molar-refractivity contribution in [3.05, 3.63) is 88.7 Å². The predicted octanol–water partition coefficient (Wildman–Crippen LogP) is 3.71. The van der Waals surface area contributed by atoms with Crippen LogP contribution in [0.25, 0.3) is 5.57 Å². The van der Waals surface area contributed by atoms with Crippen molar-refractivity contribution in [3.8, 4) is 0 Å². The summed E-state index contributed by atoms with van der Waals surface area (Å²) < 4.78 is 5.43. The molecular formula is C20H14O3. The van der Waals surface area contributed by atoms with Crippen LogP contribution in [-0.4, -0.2) is 11.8 Å². The Morgan fingerprint density at radius 3 is 2.39 bits per heavy atom. The first-order valence-corrected chi connectivity index (χ1v) is 7.55. The highest BCUT2D eigenvalue weighted by molar-refractivity contribution is 6.19. The molecule has 2 aromatic rings. The molecule has 3 nitrogen and oxygen atoms in total. The van der Waals surface area contributed by atoms with E-state index in [2.05, 4.69) is 0 Å². The Hall–Kier alpha value is -2.94. The molecule has 0 bridgehead atoms. The second-order valence-electron chi connectivity index (χ2n) is 5.72. The van der Waals surface area contributed by atoms with E-state index in [1.54, 1.807) is 6.08 Å². The molecule has 0 saturated heterocycles. The van der Waals surface area contributed by atoms with E-state index in [1.807, 2.05) is 54.6 Å². The fourth-order valence-corrected chi connectivity index (χ4v) is 3.07. The fraction of sp³-hybridized carbons (Fsp3) is 0.100. The van der Waals surface area contributed by atoms with Crippen LogP contribution in [0.4, 0.5) is 0 Å².